The van der Waals surface area contributed by atoms with Gasteiger partial charge in [0.2, 0.25) is 0 Å². The predicted octanol–water partition coefficient (Wildman–Crippen LogP) is 38.2. The maximum atomic E-state index is 5.72. The Kier molecular flexibility index (Phi) is 50.9. The number of allylic oxidation sites excluding steroid dienone is 4. The molecule has 3 saturated carbocycles. The van der Waals surface area contributed by atoms with E-state index in [0.717, 1.165) is 65.9 Å². The van der Waals surface area contributed by atoms with E-state index < -0.39 is 0 Å². The van der Waals surface area contributed by atoms with Crippen LogP contribution in [0.3, 0.4) is 0 Å². The Balaban J connectivity index is 0.000000405. The van der Waals surface area contributed by atoms with Gasteiger partial charge in [0.15, 0.2) is 12.6 Å². The third-order valence-electron chi connectivity index (χ3n) is 31.3. The predicted molar refractivity (Wildman–Crippen MR) is 582 cm³/mol. The molecule has 5 fully saturated rings. The first-order valence-corrected chi connectivity index (χ1v) is 50.5. The fourth-order valence-corrected chi connectivity index (χ4v) is 24.7. The zero-order chi connectivity index (χ0) is 92.7. The molecule has 0 unspecified atom stereocenters. The van der Waals surface area contributed by atoms with Gasteiger partial charge >= 0.3 is 0 Å². The number of ether oxygens (including phenoxy) is 4. The number of aryl methyl sites for hydroxylation is 4. The van der Waals surface area contributed by atoms with E-state index in [1.54, 1.807) is 33.4 Å². The fraction of sp³-hybridized carbons (Fsp3) is 0.547. The lowest BCUT2D eigenvalue weighted by atomic mass is 9.46. The van der Waals surface area contributed by atoms with E-state index in [9.17, 15) is 0 Å². The van der Waals surface area contributed by atoms with Crippen LogP contribution in [0.2, 0.25) is 0 Å². The number of benzene rings is 9. The van der Waals surface area contributed by atoms with Gasteiger partial charge in [-0.3, -0.25) is 0 Å². The van der Waals surface area contributed by atoms with E-state index in [0.29, 0.717) is 50.2 Å². The van der Waals surface area contributed by atoms with Crippen molar-refractivity contribution in [2.75, 3.05) is 0 Å². The van der Waals surface area contributed by atoms with Crippen molar-refractivity contribution in [3.05, 3.63) is 345 Å². The lowest BCUT2D eigenvalue weighted by molar-refractivity contribution is -0.239. The highest BCUT2D eigenvalue weighted by molar-refractivity contribution is 5.43. The summed E-state index contributed by atoms with van der Waals surface area (Å²) in [4.78, 5) is 0. The highest BCUT2D eigenvalue weighted by Gasteiger charge is 2.58. The second-order valence-electron chi connectivity index (χ2n) is 40.2. The SMILES string of the molecule is C.C.C.C.C.CC.CC.CC.CC.CC(C)=CCC/C(C)=C/CCc1ccccc1.C[C@@H](c1ccccc1)[C@H]1CC[C@]2(C)c3ccccc3CC[C@H]2C1(C)C.C[C@@H]1OC(c2ccccc2)O[C@H]1C.C[C@H](c1ccccc1)[C@@H]1CC[C@@]2(C)c3ccccc3CC[C@@H]2C1(C)C.C[C@H](c1ccccc1)[C@H]1CC[C@]2(C)c3ccccc3CC[C@H]2C1(C)C.C[C@H]1C[C@H](C)OC(c2ccccc2)O1. The zero-order valence-corrected chi connectivity index (χ0v) is 84.7. The van der Waals surface area contributed by atoms with E-state index in [-0.39, 0.29) is 74.1 Å². The summed E-state index contributed by atoms with van der Waals surface area (Å²) in [5.41, 5.74) is 23.0. The van der Waals surface area contributed by atoms with Crippen molar-refractivity contribution < 1.29 is 18.9 Å². The van der Waals surface area contributed by atoms with Gasteiger partial charge in [-0.05, 0) is 299 Å². The topological polar surface area (TPSA) is 36.9 Å². The van der Waals surface area contributed by atoms with Crippen molar-refractivity contribution in [1.82, 2.24) is 0 Å². The number of fused-ring (bicyclic) bond motifs is 9. The summed E-state index contributed by atoms with van der Waals surface area (Å²) in [6.45, 7) is 61.2. The first-order chi connectivity index (χ1) is 61.0. The average molecular weight is 1800 g/mol. The van der Waals surface area contributed by atoms with Crippen molar-refractivity contribution in [2.45, 2.75) is 404 Å². The molecule has 0 radical (unpaired) electrons. The van der Waals surface area contributed by atoms with Crippen LogP contribution in [0.1, 0.15) is 405 Å². The van der Waals surface area contributed by atoms with Gasteiger partial charge in [0.05, 0.1) is 24.4 Å². The lowest BCUT2D eigenvalue weighted by Crippen LogP contribution is -2.52. The number of hydrogen-bond donors (Lipinski definition) is 0. The molecule has 9 aromatic carbocycles. The molecule has 9 aromatic rings. The number of rotatable bonds is 14. The molecular weight excluding hydrogens is 1600 g/mol. The highest BCUT2D eigenvalue weighted by atomic mass is 16.7. The van der Waals surface area contributed by atoms with Crippen molar-refractivity contribution in [3.63, 3.8) is 0 Å². The Labute approximate surface area is 814 Å². The summed E-state index contributed by atoms with van der Waals surface area (Å²) >= 11 is 0. The molecule has 132 heavy (non-hydrogen) atoms. The zero-order valence-electron chi connectivity index (χ0n) is 84.7. The standard InChI is InChI=1S/3C25H32.C17H24.C12H16O2.C11H14O2.4C2H6.5CH4/c3*1-18(19-10-6-5-7-11-19)21-16-17-25(4)22-13-9-8-12-20(22)14-15-23(25)24(21,2)3;1-15(2)9-7-10-16(3)11-8-14-17-12-5-4-6-13-17;1-9-8-10(2)14-12(13-9)11-6-4-3-5-7-11;1-8-9(2)13-11(12-8)10-6-4-3-5-7-10;4*1-2;;;;;/h3*5-13,18,21,23H,14-17H2,1-4H3;4-6,9,11-13H,7-8,10,14H2,1-3H3;3-7,9-10,12H,8H2,1-2H3;3-9,11H,1-2H3;4*1-2H3;5*1H4/b;;;16-11+;;;;;;;;;;;/t2*18-,21+,23-,25+;18-,21-,23+,25-;;9-,10-;8-,9-;;;;;;;;;/m101.00........./s1. The highest BCUT2D eigenvalue weighted by Crippen LogP contribution is 2.65. The molecule has 2 aliphatic heterocycles. The first kappa shape index (κ1) is 118. The van der Waals surface area contributed by atoms with Crippen LogP contribution in [-0.2, 0) is 60.9 Å². The normalized spacial score (nSPS) is 26.0. The van der Waals surface area contributed by atoms with Crippen LogP contribution >= 0.6 is 0 Å². The largest absolute Gasteiger partial charge is 0.345 e. The van der Waals surface area contributed by atoms with Crippen LogP contribution in [0, 0.1) is 51.8 Å². The molecule has 4 heteroatoms. The second kappa shape index (κ2) is 56.7. The molecule has 0 bridgehead atoms. The van der Waals surface area contributed by atoms with Crippen LogP contribution in [-0.4, -0.2) is 24.4 Å². The molecule has 0 amide bonds. The molecule has 8 aliphatic rings. The van der Waals surface area contributed by atoms with Gasteiger partial charge < -0.3 is 18.9 Å². The number of hydrogen-bond acceptors (Lipinski definition) is 4. The van der Waals surface area contributed by atoms with Crippen LogP contribution in [0.25, 0.3) is 0 Å². The van der Waals surface area contributed by atoms with Crippen molar-refractivity contribution in [1.29, 1.82) is 0 Å². The lowest BCUT2D eigenvalue weighted by Gasteiger charge is -2.59. The summed E-state index contributed by atoms with van der Waals surface area (Å²) in [6.07, 6.45) is 26.7. The minimum Gasteiger partial charge on any atom is -0.345 e. The summed E-state index contributed by atoms with van der Waals surface area (Å²) in [7, 11) is 0. The van der Waals surface area contributed by atoms with Crippen molar-refractivity contribution in [2.24, 2.45) is 51.8 Å². The van der Waals surface area contributed by atoms with E-state index in [1.165, 1.54) is 123 Å². The van der Waals surface area contributed by atoms with Crippen LogP contribution in [0.5, 0.6) is 0 Å². The van der Waals surface area contributed by atoms with Gasteiger partial charge in [0.1, 0.15) is 0 Å². The van der Waals surface area contributed by atoms with E-state index >= 15 is 0 Å². The van der Waals surface area contributed by atoms with Gasteiger partial charge in [-0.2, -0.15) is 0 Å². The Morgan fingerprint density at radius 1 is 0.326 bits per heavy atom. The summed E-state index contributed by atoms with van der Waals surface area (Å²) in [5.74, 6) is 6.53. The first-order valence-electron chi connectivity index (χ1n) is 50.5. The van der Waals surface area contributed by atoms with E-state index in [1.807, 2.05) is 130 Å². The molecule has 6 aliphatic carbocycles. The quantitative estimate of drug-likeness (QED) is 0.102. The molecule has 730 valence electrons. The molecule has 0 N–H and O–H groups in total. The molecule has 4 nitrogen and oxygen atoms in total. The summed E-state index contributed by atoms with van der Waals surface area (Å²) in [5, 5.41) is 0. The molecule has 16 atom stereocenters. The Morgan fingerprint density at radius 3 is 0.886 bits per heavy atom. The Morgan fingerprint density at radius 2 is 0.591 bits per heavy atom. The summed E-state index contributed by atoms with van der Waals surface area (Å²) < 4.78 is 22.7. The van der Waals surface area contributed by atoms with E-state index in [4.69, 9.17) is 18.9 Å². The maximum absolute atomic E-state index is 5.72. The molecule has 0 aromatic heterocycles. The molecule has 2 heterocycles. The minimum absolute atomic E-state index is 0. The minimum atomic E-state index is -0.185. The van der Waals surface area contributed by atoms with Gasteiger partial charge in [-0.1, -0.05) is 454 Å². The molecule has 0 spiro atoms. The fourth-order valence-electron chi connectivity index (χ4n) is 24.7. The van der Waals surface area contributed by atoms with Crippen LogP contribution in [0.15, 0.2) is 278 Å². The third-order valence-corrected chi connectivity index (χ3v) is 31.3. The monoisotopic (exact) mass is 1800 g/mol. The van der Waals surface area contributed by atoms with Gasteiger partial charge in [0.25, 0.3) is 0 Å². The van der Waals surface area contributed by atoms with Gasteiger partial charge in [-0.25, -0.2) is 0 Å². The van der Waals surface area contributed by atoms with Crippen LogP contribution in [0.4, 0.5) is 0 Å². The van der Waals surface area contributed by atoms with Crippen LogP contribution < -0.4 is 0 Å². The average Bonchev–Trinajstić information content (AvgIpc) is 0.732. The molecule has 17 rings (SSSR count). The van der Waals surface area contributed by atoms with Crippen molar-refractivity contribution in [3.8, 4) is 0 Å². The molecular formula is C128H194O4. The second-order valence-corrected chi connectivity index (χ2v) is 40.2. The maximum Gasteiger partial charge on any atom is 0.184 e. The molecule has 2 saturated heterocycles. The summed E-state index contributed by atoms with van der Waals surface area (Å²) in [6, 6.07) is 92.1. The van der Waals surface area contributed by atoms with Crippen molar-refractivity contribution >= 4 is 0 Å². The Bertz CT molecular complexity index is 4300. The smallest absolute Gasteiger partial charge is 0.184 e. The van der Waals surface area contributed by atoms with E-state index in [2.05, 4.69) is 324 Å². The van der Waals surface area contributed by atoms with Gasteiger partial charge in [-0.15, -0.1) is 0 Å². The van der Waals surface area contributed by atoms with Gasteiger partial charge in [0, 0.05) is 11.1 Å². The Hall–Kier alpha value is -7.70. The third kappa shape index (κ3) is 29.7.